The van der Waals surface area contributed by atoms with Gasteiger partial charge in [0.05, 0.1) is 17.8 Å². The predicted octanol–water partition coefficient (Wildman–Crippen LogP) is 2.42. The van der Waals surface area contributed by atoms with Gasteiger partial charge in [-0.05, 0) is 55.7 Å². The van der Waals surface area contributed by atoms with Gasteiger partial charge in [-0.2, -0.15) is 0 Å². The van der Waals surface area contributed by atoms with Gasteiger partial charge in [0.1, 0.15) is 0 Å². The van der Waals surface area contributed by atoms with Crippen LogP contribution in [-0.2, 0) is 9.59 Å². The summed E-state index contributed by atoms with van der Waals surface area (Å²) in [6.45, 7) is 2.56. The number of halogens is 1. The standard InChI is InChI=1S/C22H27ClN4O2/c1-26(16-22(29)25-20-8-4-3-7-19(20)23)15-21(28)24-17-9-11-18(12-10-17)27-13-5-2-6-14-27/h3-4,7-12H,2,5-6,13-16H2,1H3,(H,24,28)(H,25,29)/p+1. The second kappa shape index (κ2) is 10.3. The molecule has 154 valence electrons. The average Bonchev–Trinajstić information content (AvgIpc) is 2.70. The molecule has 0 saturated carbocycles. The monoisotopic (exact) mass is 415 g/mol. The van der Waals surface area contributed by atoms with E-state index in [4.69, 9.17) is 11.6 Å². The SMILES string of the molecule is C[NH+](CC(=O)Nc1ccc(N2CCCCC2)cc1)CC(=O)Nc1ccccc1Cl. The van der Waals surface area contributed by atoms with Crippen LogP contribution in [-0.4, -0.2) is 45.0 Å². The molecule has 2 aromatic carbocycles. The molecule has 7 heteroatoms. The van der Waals surface area contributed by atoms with Gasteiger partial charge in [0.25, 0.3) is 11.8 Å². The largest absolute Gasteiger partial charge is 0.372 e. The minimum Gasteiger partial charge on any atom is -0.372 e. The van der Waals surface area contributed by atoms with Crippen molar-refractivity contribution in [1.29, 1.82) is 0 Å². The lowest BCUT2D eigenvalue weighted by Gasteiger charge is -2.28. The number of likely N-dealkylation sites (N-methyl/N-ethyl adjacent to an activating group) is 1. The summed E-state index contributed by atoms with van der Waals surface area (Å²) in [5, 5.41) is 6.17. The van der Waals surface area contributed by atoms with Crippen molar-refractivity contribution in [3.63, 3.8) is 0 Å². The Morgan fingerprint density at radius 3 is 2.21 bits per heavy atom. The summed E-state index contributed by atoms with van der Waals surface area (Å²) in [6.07, 6.45) is 3.77. The van der Waals surface area contributed by atoms with Gasteiger partial charge in [0, 0.05) is 24.5 Å². The highest BCUT2D eigenvalue weighted by Gasteiger charge is 2.16. The summed E-state index contributed by atoms with van der Waals surface area (Å²) in [5.41, 5.74) is 2.54. The van der Waals surface area contributed by atoms with Crippen LogP contribution in [0.15, 0.2) is 48.5 Å². The van der Waals surface area contributed by atoms with Gasteiger partial charge in [-0.3, -0.25) is 9.59 Å². The van der Waals surface area contributed by atoms with Crippen molar-refractivity contribution < 1.29 is 14.5 Å². The first-order valence-electron chi connectivity index (χ1n) is 10.0. The van der Waals surface area contributed by atoms with Crippen molar-refractivity contribution in [3.05, 3.63) is 53.6 Å². The molecule has 1 aliphatic heterocycles. The number of benzene rings is 2. The molecule has 0 aliphatic carbocycles. The molecular weight excluding hydrogens is 388 g/mol. The average molecular weight is 416 g/mol. The highest BCUT2D eigenvalue weighted by atomic mass is 35.5. The highest BCUT2D eigenvalue weighted by Crippen LogP contribution is 2.22. The first-order valence-corrected chi connectivity index (χ1v) is 10.4. The van der Waals surface area contributed by atoms with E-state index in [9.17, 15) is 9.59 Å². The van der Waals surface area contributed by atoms with Crippen molar-refractivity contribution in [2.24, 2.45) is 0 Å². The van der Waals surface area contributed by atoms with Crippen LogP contribution in [0, 0.1) is 0 Å². The van der Waals surface area contributed by atoms with E-state index in [0.29, 0.717) is 10.7 Å². The van der Waals surface area contributed by atoms with Crippen molar-refractivity contribution in [3.8, 4) is 0 Å². The van der Waals surface area contributed by atoms with Crippen LogP contribution in [0.1, 0.15) is 19.3 Å². The Bertz CT molecular complexity index is 835. The molecule has 3 rings (SSSR count). The summed E-state index contributed by atoms with van der Waals surface area (Å²) in [4.78, 5) is 27.7. The highest BCUT2D eigenvalue weighted by molar-refractivity contribution is 6.33. The van der Waals surface area contributed by atoms with Crippen LogP contribution >= 0.6 is 11.6 Å². The maximum atomic E-state index is 12.3. The van der Waals surface area contributed by atoms with E-state index in [0.717, 1.165) is 23.7 Å². The second-order valence-corrected chi connectivity index (χ2v) is 7.89. The first-order chi connectivity index (χ1) is 14.0. The molecule has 1 fully saturated rings. The topological polar surface area (TPSA) is 65.9 Å². The Morgan fingerprint density at radius 1 is 0.931 bits per heavy atom. The zero-order valence-electron chi connectivity index (χ0n) is 16.7. The van der Waals surface area contributed by atoms with Crippen molar-refractivity contribution in [2.45, 2.75) is 19.3 Å². The Morgan fingerprint density at radius 2 is 1.55 bits per heavy atom. The fourth-order valence-electron chi connectivity index (χ4n) is 3.48. The summed E-state index contributed by atoms with van der Waals surface area (Å²) in [6, 6.07) is 15.0. The van der Waals surface area contributed by atoms with E-state index in [1.54, 1.807) is 18.2 Å². The van der Waals surface area contributed by atoms with Gasteiger partial charge >= 0.3 is 0 Å². The Kier molecular flexibility index (Phi) is 7.49. The molecule has 1 heterocycles. The molecule has 3 N–H and O–H groups in total. The van der Waals surface area contributed by atoms with Crippen LogP contribution in [0.25, 0.3) is 0 Å². The third kappa shape index (κ3) is 6.48. The van der Waals surface area contributed by atoms with Gasteiger partial charge in [-0.1, -0.05) is 23.7 Å². The number of nitrogens with zero attached hydrogens (tertiary/aromatic N) is 1. The first kappa shape index (κ1) is 21.1. The van der Waals surface area contributed by atoms with E-state index in [1.807, 2.05) is 25.2 Å². The van der Waals surface area contributed by atoms with Crippen LogP contribution in [0.5, 0.6) is 0 Å². The molecule has 0 aromatic heterocycles. The zero-order valence-corrected chi connectivity index (χ0v) is 17.5. The van der Waals surface area contributed by atoms with Crippen LogP contribution in [0.3, 0.4) is 0 Å². The van der Waals surface area contributed by atoms with E-state index >= 15 is 0 Å². The molecule has 1 aliphatic rings. The second-order valence-electron chi connectivity index (χ2n) is 7.48. The zero-order chi connectivity index (χ0) is 20.6. The molecule has 2 amide bonds. The minimum atomic E-state index is -0.186. The smallest absolute Gasteiger partial charge is 0.279 e. The number of carbonyl (C=O) groups is 2. The molecule has 0 spiro atoms. The van der Waals surface area contributed by atoms with Gasteiger partial charge in [0.15, 0.2) is 13.1 Å². The third-order valence-corrected chi connectivity index (χ3v) is 5.27. The molecule has 1 saturated heterocycles. The molecule has 0 radical (unpaired) electrons. The summed E-state index contributed by atoms with van der Waals surface area (Å²) >= 11 is 6.05. The quantitative estimate of drug-likeness (QED) is 0.650. The number of piperidine rings is 1. The van der Waals surface area contributed by atoms with Crippen molar-refractivity contribution in [1.82, 2.24) is 0 Å². The number of rotatable bonds is 7. The number of nitrogens with one attached hydrogen (secondary N) is 3. The van der Waals surface area contributed by atoms with Crippen molar-refractivity contribution in [2.75, 3.05) is 48.8 Å². The van der Waals surface area contributed by atoms with Crippen LogP contribution < -0.4 is 20.4 Å². The summed E-state index contributed by atoms with van der Waals surface area (Å²) < 4.78 is 0. The number of quaternary nitrogens is 1. The lowest BCUT2D eigenvalue weighted by molar-refractivity contribution is -0.862. The number of carbonyl (C=O) groups excluding carboxylic acids is 2. The molecule has 2 aromatic rings. The molecular formula is C22H28ClN4O2+. The number of anilines is 3. The van der Waals surface area contributed by atoms with Gasteiger partial charge in [-0.15, -0.1) is 0 Å². The number of hydrogen-bond acceptors (Lipinski definition) is 3. The van der Waals surface area contributed by atoms with E-state index in [1.165, 1.54) is 24.9 Å². The number of amides is 2. The Hall–Kier alpha value is -2.57. The van der Waals surface area contributed by atoms with Crippen LogP contribution in [0.4, 0.5) is 17.1 Å². The fourth-order valence-corrected chi connectivity index (χ4v) is 3.66. The lowest BCUT2D eigenvalue weighted by atomic mass is 10.1. The normalized spacial score (nSPS) is 14.9. The maximum absolute atomic E-state index is 12.3. The number of para-hydroxylation sites is 1. The molecule has 6 nitrogen and oxygen atoms in total. The van der Waals surface area contributed by atoms with Gasteiger partial charge in [-0.25, -0.2) is 0 Å². The summed E-state index contributed by atoms with van der Waals surface area (Å²) in [5.74, 6) is -0.312. The lowest BCUT2D eigenvalue weighted by Crippen LogP contribution is -3.11. The molecule has 29 heavy (non-hydrogen) atoms. The maximum Gasteiger partial charge on any atom is 0.279 e. The predicted molar refractivity (Wildman–Crippen MR) is 118 cm³/mol. The van der Waals surface area contributed by atoms with E-state index in [-0.39, 0.29) is 24.9 Å². The molecule has 1 atom stereocenters. The van der Waals surface area contributed by atoms with Crippen LogP contribution in [0.2, 0.25) is 5.02 Å². The minimum absolute atomic E-state index is 0.126. The van der Waals surface area contributed by atoms with E-state index < -0.39 is 0 Å². The van der Waals surface area contributed by atoms with Gasteiger partial charge < -0.3 is 20.4 Å². The third-order valence-electron chi connectivity index (χ3n) is 4.94. The fraction of sp³-hybridized carbons (Fsp3) is 0.364. The molecule has 1 unspecified atom stereocenters. The molecule has 0 bridgehead atoms. The van der Waals surface area contributed by atoms with Crippen molar-refractivity contribution >= 4 is 40.5 Å². The Labute approximate surface area is 176 Å². The number of hydrogen-bond donors (Lipinski definition) is 3. The summed E-state index contributed by atoms with van der Waals surface area (Å²) in [7, 11) is 1.81. The van der Waals surface area contributed by atoms with Gasteiger partial charge in [0.2, 0.25) is 0 Å². The van der Waals surface area contributed by atoms with E-state index in [2.05, 4.69) is 27.7 Å². The Balaban J connectivity index is 1.44.